The summed E-state index contributed by atoms with van der Waals surface area (Å²) in [6.07, 6.45) is 2.63. The second kappa shape index (κ2) is 6.56. The van der Waals surface area contributed by atoms with Gasteiger partial charge in [-0.25, -0.2) is 0 Å². The zero-order chi connectivity index (χ0) is 12.1. The summed E-state index contributed by atoms with van der Waals surface area (Å²) < 4.78 is 6.42. The van der Waals surface area contributed by atoms with Crippen LogP contribution in [0.15, 0.2) is 24.3 Å². The van der Waals surface area contributed by atoms with Gasteiger partial charge in [0.1, 0.15) is 12.4 Å². The van der Waals surface area contributed by atoms with E-state index < -0.39 is 0 Å². The Kier molecular flexibility index (Phi) is 5.06. The van der Waals surface area contributed by atoms with Gasteiger partial charge in [-0.05, 0) is 37.1 Å². The summed E-state index contributed by atoms with van der Waals surface area (Å²) in [4.78, 5) is 2.48. The van der Waals surface area contributed by atoms with Gasteiger partial charge in [-0.2, -0.15) is 0 Å². The lowest BCUT2D eigenvalue weighted by Crippen LogP contribution is -2.29. The molecule has 1 aliphatic heterocycles. The Balaban J connectivity index is 1.73. The molecule has 1 unspecified atom stereocenters. The number of hydrogen-bond donors (Lipinski definition) is 1. The highest BCUT2D eigenvalue weighted by Crippen LogP contribution is 2.22. The van der Waals surface area contributed by atoms with Gasteiger partial charge in [0.15, 0.2) is 0 Å². The smallest absolute Gasteiger partial charge is 0.119 e. The predicted octanol–water partition coefficient (Wildman–Crippen LogP) is 2.38. The third kappa shape index (κ3) is 3.82. The maximum absolute atomic E-state index is 5.73. The molecule has 1 aromatic rings. The lowest BCUT2D eigenvalue weighted by Gasteiger charge is -2.19. The minimum atomic E-state index is 0.588. The lowest BCUT2D eigenvalue weighted by atomic mass is 10.2. The van der Waals surface area contributed by atoms with Crippen molar-refractivity contribution in [1.29, 1.82) is 0 Å². The number of halogens is 1. The monoisotopic (exact) mass is 346 g/mol. The first-order chi connectivity index (χ1) is 8.29. The second-order valence-electron chi connectivity index (χ2n) is 4.31. The van der Waals surface area contributed by atoms with E-state index in [-0.39, 0.29) is 0 Å². The first kappa shape index (κ1) is 13.1. The summed E-state index contributed by atoms with van der Waals surface area (Å²) in [5, 5.41) is 0. The molecule has 1 heterocycles. The van der Waals surface area contributed by atoms with Crippen molar-refractivity contribution in [1.82, 2.24) is 4.90 Å². The number of nitrogens with zero attached hydrogens (tertiary/aromatic N) is 1. The molecule has 4 heteroatoms. The Labute approximate surface area is 116 Å². The van der Waals surface area contributed by atoms with Crippen LogP contribution in [-0.4, -0.2) is 28.6 Å². The van der Waals surface area contributed by atoms with E-state index in [1.807, 2.05) is 24.3 Å². The van der Waals surface area contributed by atoms with Crippen molar-refractivity contribution in [2.75, 3.05) is 19.7 Å². The van der Waals surface area contributed by atoms with Crippen LogP contribution in [0, 0.1) is 0 Å². The minimum Gasteiger partial charge on any atom is -0.492 e. The highest BCUT2D eigenvalue weighted by atomic mass is 127. The summed E-state index contributed by atoms with van der Waals surface area (Å²) in [7, 11) is 0. The van der Waals surface area contributed by atoms with Crippen molar-refractivity contribution in [3.63, 3.8) is 0 Å². The number of rotatable bonds is 5. The van der Waals surface area contributed by atoms with Crippen molar-refractivity contribution in [3.05, 3.63) is 29.8 Å². The van der Waals surface area contributed by atoms with E-state index in [1.165, 1.54) is 19.4 Å². The Morgan fingerprint density at radius 3 is 2.71 bits per heavy atom. The standard InChI is InChI=1S/C13H19IN2O/c14-13-2-1-7-16(13)8-9-17-12-5-3-11(10-15)4-6-12/h3-6,13H,1-2,7-10,15H2. The van der Waals surface area contributed by atoms with Crippen LogP contribution < -0.4 is 10.5 Å². The maximum Gasteiger partial charge on any atom is 0.119 e. The van der Waals surface area contributed by atoms with Crippen molar-refractivity contribution in [2.45, 2.75) is 23.4 Å². The van der Waals surface area contributed by atoms with E-state index in [4.69, 9.17) is 10.5 Å². The van der Waals surface area contributed by atoms with Crippen molar-refractivity contribution in [2.24, 2.45) is 5.73 Å². The van der Waals surface area contributed by atoms with Gasteiger partial charge in [-0.3, -0.25) is 4.90 Å². The normalized spacial score (nSPS) is 20.7. The fourth-order valence-corrected chi connectivity index (χ4v) is 3.04. The summed E-state index contributed by atoms with van der Waals surface area (Å²) >= 11 is 2.51. The van der Waals surface area contributed by atoms with Crippen LogP contribution in [0.2, 0.25) is 0 Å². The van der Waals surface area contributed by atoms with Crippen LogP contribution in [0.25, 0.3) is 0 Å². The molecule has 0 aromatic heterocycles. The third-order valence-electron chi connectivity index (χ3n) is 3.09. The number of hydrogen-bond acceptors (Lipinski definition) is 3. The van der Waals surface area contributed by atoms with Gasteiger partial charge < -0.3 is 10.5 Å². The Morgan fingerprint density at radius 2 is 2.12 bits per heavy atom. The Hall–Kier alpha value is -0.330. The molecular weight excluding hydrogens is 327 g/mol. The van der Waals surface area contributed by atoms with E-state index in [0.717, 1.165) is 24.5 Å². The summed E-state index contributed by atoms with van der Waals surface area (Å²) in [6, 6.07) is 8.03. The quantitative estimate of drug-likeness (QED) is 0.506. The Bertz CT molecular complexity index is 342. The molecule has 17 heavy (non-hydrogen) atoms. The van der Waals surface area contributed by atoms with Crippen LogP contribution in [0.1, 0.15) is 18.4 Å². The summed E-state index contributed by atoms with van der Waals surface area (Å²) in [5.41, 5.74) is 6.69. The number of benzene rings is 1. The summed E-state index contributed by atoms with van der Waals surface area (Å²) in [5.74, 6) is 0.936. The lowest BCUT2D eigenvalue weighted by molar-refractivity contribution is 0.232. The van der Waals surface area contributed by atoms with Gasteiger partial charge in [-0.1, -0.05) is 34.7 Å². The first-order valence-electron chi connectivity index (χ1n) is 6.09. The molecule has 94 valence electrons. The second-order valence-corrected chi connectivity index (χ2v) is 5.75. The molecule has 1 saturated heterocycles. The number of alkyl halides is 1. The van der Waals surface area contributed by atoms with Crippen LogP contribution >= 0.6 is 22.6 Å². The zero-order valence-corrected chi connectivity index (χ0v) is 12.1. The van der Waals surface area contributed by atoms with Gasteiger partial charge in [0.2, 0.25) is 0 Å². The van der Waals surface area contributed by atoms with E-state index in [2.05, 4.69) is 27.5 Å². The SMILES string of the molecule is NCc1ccc(OCCN2CCCC2I)cc1. The van der Waals surface area contributed by atoms with Crippen LogP contribution in [0.3, 0.4) is 0 Å². The molecule has 1 aliphatic rings. The minimum absolute atomic E-state index is 0.588. The number of nitrogens with two attached hydrogens (primary N) is 1. The van der Waals surface area contributed by atoms with Gasteiger partial charge in [0.25, 0.3) is 0 Å². The number of likely N-dealkylation sites (tertiary alicyclic amines) is 1. The maximum atomic E-state index is 5.73. The molecule has 2 N–H and O–H groups in total. The van der Waals surface area contributed by atoms with Crippen molar-refractivity contribution < 1.29 is 4.74 Å². The first-order valence-corrected chi connectivity index (χ1v) is 7.34. The van der Waals surface area contributed by atoms with Gasteiger partial charge in [0, 0.05) is 13.1 Å². The van der Waals surface area contributed by atoms with Crippen molar-refractivity contribution in [3.8, 4) is 5.75 Å². The van der Waals surface area contributed by atoms with E-state index >= 15 is 0 Å². The summed E-state index contributed by atoms with van der Waals surface area (Å²) in [6.45, 7) is 3.58. The largest absolute Gasteiger partial charge is 0.492 e. The highest BCUT2D eigenvalue weighted by molar-refractivity contribution is 14.1. The molecular formula is C13H19IN2O. The molecule has 3 nitrogen and oxygen atoms in total. The van der Waals surface area contributed by atoms with Gasteiger partial charge in [0.05, 0.1) is 4.05 Å². The van der Waals surface area contributed by atoms with Gasteiger partial charge >= 0.3 is 0 Å². The van der Waals surface area contributed by atoms with Crippen LogP contribution in [0.5, 0.6) is 5.75 Å². The molecule has 1 fully saturated rings. The van der Waals surface area contributed by atoms with Crippen LogP contribution in [0.4, 0.5) is 0 Å². The van der Waals surface area contributed by atoms with E-state index in [0.29, 0.717) is 10.6 Å². The molecule has 0 bridgehead atoms. The average molecular weight is 346 g/mol. The molecule has 0 amide bonds. The highest BCUT2D eigenvalue weighted by Gasteiger charge is 2.20. The fraction of sp³-hybridized carbons (Fsp3) is 0.538. The molecule has 2 rings (SSSR count). The molecule has 1 aromatic carbocycles. The fourth-order valence-electron chi connectivity index (χ4n) is 2.04. The zero-order valence-electron chi connectivity index (χ0n) is 9.94. The Morgan fingerprint density at radius 1 is 1.35 bits per heavy atom. The predicted molar refractivity (Wildman–Crippen MR) is 78.4 cm³/mol. The third-order valence-corrected chi connectivity index (χ3v) is 4.50. The van der Waals surface area contributed by atoms with E-state index in [1.54, 1.807) is 0 Å². The van der Waals surface area contributed by atoms with Crippen molar-refractivity contribution >= 4 is 22.6 Å². The average Bonchev–Trinajstić information content (AvgIpc) is 2.76. The van der Waals surface area contributed by atoms with E-state index in [9.17, 15) is 0 Å². The molecule has 0 saturated carbocycles. The number of ether oxygens (including phenoxy) is 1. The topological polar surface area (TPSA) is 38.5 Å². The molecule has 0 spiro atoms. The molecule has 0 radical (unpaired) electrons. The molecule has 1 atom stereocenters. The molecule has 0 aliphatic carbocycles. The van der Waals surface area contributed by atoms with Crippen LogP contribution in [-0.2, 0) is 6.54 Å². The van der Waals surface area contributed by atoms with Gasteiger partial charge in [-0.15, -0.1) is 0 Å².